The van der Waals surface area contributed by atoms with Crippen LogP contribution in [0.5, 0.6) is 34.5 Å². The van der Waals surface area contributed by atoms with Gasteiger partial charge in [0, 0.05) is 71.4 Å². The standard InChI is InChI=1S/C41H44N4O10S/c1-18-11-21-13-40(49)15-44(4)30(27(21)32(47)33(18)51-6)31-37-29-28(36-35(53-17-54-36)19(2)34(29)55-20(3)46)26(45(31)40)14-52-39(48)41(16-56-37)38-23(9-10-42-41)24-12-22(50-5)7-8-25(24)43-38/h7-8,11-12,26,30-31,37,42-43,47,49H,9-10,13-17H2,1-6H3/t26-,30?,31?,37+,40?,41+/m0/s1. The minimum atomic E-state index is -1.50. The van der Waals surface area contributed by atoms with E-state index < -0.39 is 46.6 Å². The number of nitrogens with zero attached hydrogens (tertiary/aromatic N) is 2. The molecule has 4 aromatic rings. The van der Waals surface area contributed by atoms with Crippen LogP contribution < -0.4 is 29.0 Å². The lowest BCUT2D eigenvalue weighted by Gasteiger charge is -2.60. The molecule has 56 heavy (non-hydrogen) atoms. The minimum absolute atomic E-state index is 0.0284. The van der Waals surface area contributed by atoms with E-state index in [0.717, 1.165) is 39.0 Å². The Morgan fingerprint density at radius 3 is 2.62 bits per heavy atom. The van der Waals surface area contributed by atoms with Crippen LogP contribution in [-0.4, -0.2) is 102 Å². The second-order valence-electron chi connectivity index (χ2n) is 15.8. The fourth-order valence-corrected chi connectivity index (χ4v) is 12.4. The fraction of sp³-hybridized carbons (Fsp3) is 0.463. The molecule has 2 fully saturated rings. The van der Waals surface area contributed by atoms with Crippen LogP contribution in [0.25, 0.3) is 10.9 Å². The van der Waals surface area contributed by atoms with Crippen molar-refractivity contribution >= 4 is 34.6 Å². The predicted octanol–water partition coefficient (Wildman–Crippen LogP) is 4.19. The summed E-state index contributed by atoms with van der Waals surface area (Å²) < 4.78 is 36.3. The zero-order valence-electron chi connectivity index (χ0n) is 32.0. The van der Waals surface area contributed by atoms with E-state index in [9.17, 15) is 19.8 Å². The quantitative estimate of drug-likeness (QED) is 0.173. The second kappa shape index (κ2) is 12.4. The van der Waals surface area contributed by atoms with Crippen molar-refractivity contribution in [2.24, 2.45) is 0 Å². The molecule has 14 nitrogen and oxygen atoms in total. The monoisotopic (exact) mass is 784 g/mol. The van der Waals surface area contributed by atoms with E-state index in [1.54, 1.807) is 14.2 Å². The zero-order chi connectivity index (χ0) is 39.0. The summed E-state index contributed by atoms with van der Waals surface area (Å²) in [6.45, 7) is 5.65. The van der Waals surface area contributed by atoms with Crippen LogP contribution in [-0.2, 0) is 32.7 Å². The van der Waals surface area contributed by atoms with Gasteiger partial charge in [-0.25, -0.2) is 4.79 Å². The molecule has 8 aliphatic heterocycles. The number of hydrogen-bond acceptors (Lipinski definition) is 14. The number of carbonyl (C=O) groups excluding carboxylic acids is 2. The third kappa shape index (κ3) is 4.71. The third-order valence-electron chi connectivity index (χ3n) is 12.8. The summed E-state index contributed by atoms with van der Waals surface area (Å²) in [7, 11) is 5.13. The van der Waals surface area contributed by atoms with Gasteiger partial charge >= 0.3 is 11.9 Å². The molecule has 2 saturated heterocycles. The largest absolute Gasteiger partial charge is 0.504 e. The molecule has 1 aromatic heterocycles. The SMILES string of the molecule is COc1ccc2[nH]c3c(c2c1)CCN[C@]31CS[C@@H]2c3c(OC(C)=O)c(C)c4c(c3[C@H](COC1=O)N1C2C2c3c(cc(C)c(OC)c3O)CC1(O)CN2C)OCO4. The number of aromatic nitrogens is 1. The molecule has 294 valence electrons. The first-order valence-corrected chi connectivity index (χ1v) is 19.9. The maximum absolute atomic E-state index is 14.9. The fourth-order valence-electron chi connectivity index (χ4n) is 10.7. The summed E-state index contributed by atoms with van der Waals surface area (Å²) in [5.41, 5.74) is 4.06. The molecule has 4 unspecified atom stereocenters. The minimum Gasteiger partial charge on any atom is -0.504 e. The Labute approximate surface area is 327 Å². The first kappa shape index (κ1) is 35.7. The summed E-state index contributed by atoms with van der Waals surface area (Å²) in [6, 6.07) is 6.05. The number of aliphatic hydroxyl groups is 1. The Bertz CT molecular complexity index is 2380. The zero-order valence-corrected chi connectivity index (χ0v) is 32.8. The van der Waals surface area contributed by atoms with Crippen LogP contribution in [0.3, 0.4) is 0 Å². The number of fused-ring (bicyclic) bond motifs is 8. The molecule has 0 saturated carbocycles. The summed E-state index contributed by atoms with van der Waals surface area (Å²) in [5.74, 6) is 1.67. The lowest BCUT2D eigenvalue weighted by atomic mass is 9.78. The highest BCUT2D eigenvalue weighted by molar-refractivity contribution is 7.99. The van der Waals surface area contributed by atoms with Crippen molar-refractivity contribution in [2.75, 3.05) is 53.5 Å². The normalized spacial score (nSPS) is 29.9. The van der Waals surface area contributed by atoms with E-state index in [1.165, 1.54) is 18.7 Å². The third-order valence-corrected chi connectivity index (χ3v) is 14.2. The Morgan fingerprint density at radius 1 is 1.05 bits per heavy atom. The van der Waals surface area contributed by atoms with Crippen molar-refractivity contribution in [2.45, 2.75) is 68.3 Å². The highest BCUT2D eigenvalue weighted by Gasteiger charge is 2.63. The number of hydrogen-bond donors (Lipinski definition) is 4. The highest BCUT2D eigenvalue weighted by atomic mass is 32.2. The number of methoxy groups -OCH3 is 2. The number of likely N-dealkylation sites (N-methyl/N-ethyl adjacent to an activating group) is 1. The van der Waals surface area contributed by atoms with E-state index in [4.69, 9.17) is 28.4 Å². The molecule has 0 amide bonds. The summed E-state index contributed by atoms with van der Waals surface area (Å²) >= 11 is 1.53. The van der Waals surface area contributed by atoms with E-state index in [2.05, 4.69) is 20.1 Å². The molecule has 8 aliphatic rings. The number of benzene rings is 3. The molecule has 4 N–H and O–H groups in total. The van der Waals surface area contributed by atoms with Crippen LogP contribution >= 0.6 is 11.8 Å². The van der Waals surface area contributed by atoms with Crippen molar-refractivity contribution in [1.82, 2.24) is 20.1 Å². The van der Waals surface area contributed by atoms with E-state index >= 15 is 0 Å². The summed E-state index contributed by atoms with van der Waals surface area (Å²) in [4.78, 5) is 35.6. The number of ether oxygens (including phenoxy) is 6. The number of aromatic amines is 1. The molecular weight excluding hydrogens is 741 g/mol. The number of H-pyrrole nitrogens is 1. The second-order valence-corrected chi connectivity index (χ2v) is 17.0. The number of aromatic hydroxyl groups is 1. The van der Waals surface area contributed by atoms with Crippen molar-refractivity contribution in [3.05, 3.63) is 68.9 Å². The number of esters is 2. The number of phenolic OH excluding ortho intramolecular Hbond substituents is 1. The van der Waals surface area contributed by atoms with Gasteiger partial charge in [-0.1, -0.05) is 6.07 Å². The van der Waals surface area contributed by atoms with Gasteiger partial charge in [0.25, 0.3) is 0 Å². The Kier molecular flexibility index (Phi) is 7.92. The first-order valence-electron chi connectivity index (χ1n) is 18.9. The topological polar surface area (TPSA) is 164 Å². The van der Waals surface area contributed by atoms with Gasteiger partial charge in [0.2, 0.25) is 6.79 Å². The van der Waals surface area contributed by atoms with Crippen molar-refractivity contribution < 1.29 is 48.2 Å². The number of aryl methyl sites for hydroxylation is 1. The van der Waals surface area contributed by atoms with Gasteiger partial charge in [-0.15, -0.1) is 11.8 Å². The Morgan fingerprint density at radius 2 is 1.86 bits per heavy atom. The lowest BCUT2D eigenvalue weighted by Crippen LogP contribution is -2.70. The molecule has 1 spiro atoms. The molecule has 0 aliphatic carbocycles. The van der Waals surface area contributed by atoms with E-state index in [0.29, 0.717) is 58.2 Å². The van der Waals surface area contributed by atoms with Crippen molar-refractivity contribution in [1.29, 1.82) is 0 Å². The first-order chi connectivity index (χ1) is 26.9. The Hall–Kier alpha value is -4.67. The molecule has 3 aromatic carbocycles. The smallest absolute Gasteiger partial charge is 0.333 e. The van der Waals surface area contributed by atoms with Crippen LogP contribution in [0.2, 0.25) is 0 Å². The van der Waals surface area contributed by atoms with Gasteiger partial charge in [-0.05, 0) is 62.2 Å². The van der Waals surface area contributed by atoms with Gasteiger partial charge in [0.05, 0.1) is 37.2 Å². The number of thioether (sulfide) groups is 1. The van der Waals surface area contributed by atoms with E-state index in [-0.39, 0.29) is 37.9 Å². The van der Waals surface area contributed by atoms with Crippen LogP contribution in [0, 0.1) is 13.8 Å². The number of phenols is 1. The van der Waals surface area contributed by atoms with Crippen molar-refractivity contribution in [3.63, 3.8) is 0 Å². The molecular formula is C41H44N4O10S. The molecule has 9 heterocycles. The van der Waals surface area contributed by atoms with Crippen LogP contribution in [0.1, 0.15) is 68.9 Å². The van der Waals surface area contributed by atoms with Crippen molar-refractivity contribution in [3.8, 4) is 34.5 Å². The molecule has 12 rings (SSSR count). The number of rotatable bonds is 3. The molecule has 4 bridgehead atoms. The van der Waals surface area contributed by atoms with Gasteiger partial charge in [-0.3, -0.25) is 19.9 Å². The number of piperazine rings is 1. The summed E-state index contributed by atoms with van der Waals surface area (Å²) in [5, 5.41) is 29.3. The average Bonchev–Trinajstić information content (AvgIpc) is 3.76. The lowest BCUT2D eigenvalue weighted by molar-refractivity contribution is -0.215. The maximum atomic E-state index is 14.9. The van der Waals surface area contributed by atoms with Crippen LogP contribution in [0.4, 0.5) is 0 Å². The average molecular weight is 785 g/mol. The van der Waals surface area contributed by atoms with Gasteiger partial charge in [-0.2, -0.15) is 0 Å². The molecule has 7 atom stereocenters. The summed E-state index contributed by atoms with van der Waals surface area (Å²) in [6.07, 6.45) is 0.870. The number of carbonyl (C=O) groups is 2. The predicted molar refractivity (Wildman–Crippen MR) is 205 cm³/mol. The Balaban J connectivity index is 1.24. The van der Waals surface area contributed by atoms with Gasteiger partial charge < -0.3 is 43.6 Å². The van der Waals surface area contributed by atoms with Crippen LogP contribution in [0.15, 0.2) is 24.3 Å². The maximum Gasteiger partial charge on any atom is 0.333 e. The number of nitrogens with one attached hydrogen (secondary N) is 2. The highest BCUT2D eigenvalue weighted by Crippen LogP contribution is 2.65. The van der Waals surface area contributed by atoms with Gasteiger partial charge in [0.1, 0.15) is 23.8 Å². The van der Waals surface area contributed by atoms with Gasteiger partial charge in [0.15, 0.2) is 28.5 Å². The van der Waals surface area contributed by atoms with E-state index in [1.807, 2.05) is 45.2 Å². The molecule has 0 radical (unpaired) electrons. The molecule has 15 heteroatoms.